The minimum atomic E-state index is 0.580. The van der Waals surface area contributed by atoms with E-state index >= 15 is 0 Å². The van der Waals surface area contributed by atoms with Crippen molar-refractivity contribution in [3.05, 3.63) is 6.92 Å². The van der Waals surface area contributed by atoms with Gasteiger partial charge in [-0.2, -0.15) is 0 Å². The molecule has 0 aliphatic carbocycles. The summed E-state index contributed by atoms with van der Waals surface area (Å²) in [5, 5.41) is 0. The Labute approximate surface area is 66.0 Å². The Morgan fingerprint density at radius 1 is 1.20 bits per heavy atom. The maximum absolute atomic E-state index is 3.90. The van der Waals surface area contributed by atoms with Crippen LogP contribution in [0.3, 0.4) is 0 Å². The molecular weight excluding hydrogens is 120 g/mol. The molecule has 0 heterocycles. The summed E-state index contributed by atoms with van der Waals surface area (Å²) >= 11 is 0. The second-order valence-corrected chi connectivity index (χ2v) is 3.52. The molecule has 0 fully saturated rings. The molecule has 0 saturated carbocycles. The van der Waals surface area contributed by atoms with Crippen LogP contribution >= 0.6 is 0 Å². The summed E-state index contributed by atoms with van der Waals surface area (Å²) in [6.07, 6.45) is 6.35. The Kier molecular flexibility index (Phi) is 4.76. The minimum absolute atomic E-state index is 0.580. The SMILES string of the molecule is [CH2]CCC(C)(CC)CCC. The van der Waals surface area contributed by atoms with Gasteiger partial charge in [0.15, 0.2) is 0 Å². The van der Waals surface area contributed by atoms with Gasteiger partial charge in [-0.1, -0.05) is 47.0 Å². The molecular formula is C10H21. The van der Waals surface area contributed by atoms with Crippen LogP contribution in [0.1, 0.15) is 52.9 Å². The molecule has 1 radical (unpaired) electrons. The second kappa shape index (κ2) is 4.76. The zero-order valence-electron chi connectivity index (χ0n) is 7.74. The van der Waals surface area contributed by atoms with Crippen molar-refractivity contribution in [2.45, 2.75) is 52.9 Å². The van der Waals surface area contributed by atoms with Crippen molar-refractivity contribution < 1.29 is 0 Å². The molecule has 0 aromatic rings. The summed E-state index contributed by atoms with van der Waals surface area (Å²) in [5.74, 6) is 0. The molecule has 61 valence electrons. The molecule has 0 heteroatoms. The van der Waals surface area contributed by atoms with Gasteiger partial charge in [0.05, 0.1) is 0 Å². The molecule has 0 aliphatic rings. The smallest absolute Gasteiger partial charge is 0.0329 e. The third-order valence-electron chi connectivity index (χ3n) is 2.49. The predicted octanol–water partition coefficient (Wildman–Crippen LogP) is 3.82. The molecule has 10 heavy (non-hydrogen) atoms. The zero-order chi connectivity index (χ0) is 8.04. The van der Waals surface area contributed by atoms with Gasteiger partial charge >= 0.3 is 0 Å². The van der Waals surface area contributed by atoms with Gasteiger partial charge in [0.25, 0.3) is 0 Å². The van der Waals surface area contributed by atoms with E-state index in [1.165, 1.54) is 25.7 Å². The Morgan fingerprint density at radius 3 is 2.10 bits per heavy atom. The number of hydrogen-bond acceptors (Lipinski definition) is 0. The highest BCUT2D eigenvalue weighted by atomic mass is 14.2. The van der Waals surface area contributed by atoms with Crippen molar-refractivity contribution >= 4 is 0 Å². The summed E-state index contributed by atoms with van der Waals surface area (Å²) in [4.78, 5) is 0. The summed E-state index contributed by atoms with van der Waals surface area (Å²) in [5.41, 5.74) is 0.580. The monoisotopic (exact) mass is 141 g/mol. The summed E-state index contributed by atoms with van der Waals surface area (Å²) < 4.78 is 0. The van der Waals surface area contributed by atoms with E-state index in [4.69, 9.17) is 0 Å². The van der Waals surface area contributed by atoms with Crippen LogP contribution in [-0.2, 0) is 0 Å². The standard InChI is InChI=1S/C10H21/c1-5-8-10(4,7-3)9-6-2/h1,5-9H2,2-4H3. The Morgan fingerprint density at radius 2 is 1.80 bits per heavy atom. The van der Waals surface area contributed by atoms with E-state index in [2.05, 4.69) is 27.7 Å². The quantitative estimate of drug-likeness (QED) is 0.546. The highest BCUT2D eigenvalue weighted by molar-refractivity contribution is 4.72. The molecule has 1 atom stereocenters. The highest BCUT2D eigenvalue weighted by Crippen LogP contribution is 2.32. The van der Waals surface area contributed by atoms with E-state index in [1.807, 2.05) is 0 Å². The van der Waals surface area contributed by atoms with Crippen molar-refractivity contribution in [1.29, 1.82) is 0 Å². The first-order chi connectivity index (χ1) is 4.68. The molecule has 0 aromatic carbocycles. The third kappa shape index (κ3) is 3.24. The molecule has 0 amide bonds. The topological polar surface area (TPSA) is 0 Å². The van der Waals surface area contributed by atoms with E-state index in [0.717, 1.165) is 6.42 Å². The molecule has 0 saturated heterocycles. The van der Waals surface area contributed by atoms with E-state index in [0.29, 0.717) is 5.41 Å². The lowest BCUT2D eigenvalue weighted by molar-refractivity contribution is 0.260. The van der Waals surface area contributed by atoms with E-state index in [1.54, 1.807) is 0 Å². The summed E-state index contributed by atoms with van der Waals surface area (Å²) in [6.45, 7) is 10.8. The van der Waals surface area contributed by atoms with Gasteiger partial charge in [-0.25, -0.2) is 0 Å². The van der Waals surface area contributed by atoms with Crippen LogP contribution in [0.25, 0.3) is 0 Å². The third-order valence-corrected chi connectivity index (χ3v) is 2.49. The van der Waals surface area contributed by atoms with Gasteiger partial charge in [-0.05, 0) is 18.3 Å². The predicted molar refractivity (Wildman–Crippen MR) is 47.9 cm³/mol. The molecule has 0 spiro atoms. The van der Waals surface area contributed by atoms with Gasteiger partial charge in [-0.15, -0.1) is 0 Å². The Balaban J connectivity index is 3.69. The lowest BCUT2D eigenvalue weighted by atomic mass is 9.79. The maximum Gasteiger partial charge on any atom is -0.0329 e. The van der Waals surface area contributed by atoms with Crippen LogP contribution < -0.4 is 0 Å². The molecule has 1 unspecified atom stereocenters. The Hall–Kier alpha value is 0. The fraction of sp³-hybridized carbons (Fsp3) is 0.900. The molecule has 0 N–H and O–H groups in total. The minimum Gasteiger partial charge on any atom is -0.0654 e. The fourth-order valence-electron chi connectivity index (χ4n) is 1.51. The molecule has 0 bridgehead atoms. The van der Waals surface area contributed by atoms with Crippen LogP contribution in [0, 0.1) is 12.3 Å². The van der Waals surface area contributed by atoms with Gasteiger partial charge in [0, 0.05) is 0 Å². The average Bonchev–Trinajstić information content (AvgIpc) is 1.89. The first-order valence-electron chi connectivity index (χ1n) is 4.47. The van der Waals surface area contributed by atoms with Crippen molar-refractivity contribution in [3.63, 3.8) is 0 Å². The van der Waals surface area contributed by atoms with Gasteiger partial charge < -0.3 is 0 Å². The van der Waals surface area contributed by atoms with Crippen molar-refractivity contribution in [1.82, 2.24) is 0 Å². The Bertz CT molecular complexity index is 68.1. The number of rotatable bonds is 5. The van der Waals surface area contributed by atoms with Crippen LogP contribution in [0.2, 0.25) is 0 Å². The molecule has 0 rings (SSSR count). The first-order valence-corrected chi connectivity index (χ1v) is 4.47. The zero-order valence-corrected chi connectivity index (χ0v) is 7.74. The maximum atomic E-state index is 3.90. The van der Waals surface area contributed by atoms with Crippen LogP contribution in [-0.4, -0.2) is 0 Å². The van der Waals surface area contributed by atoms with Crippen molar-refractivity contribution in [2.75, 3.05) is 0 Å². The lowest BCUT2D eigenvalue weighted by Crippen LogP contribution is -2.13. The van der Waals surface area contributed by atoms with E-state index in [9.17, 15) is 0 Å². The van der Waals surface area contributed by atoms with Crippen LogP contribution in [0.5, 0.6) is 0 Å². The number of hydrogen-bond donors (Lipinski definition) is 0. The second-order valence-electron chi connectivity index (χ2n) is 3.52. The van der Waals surface area contributed by atoms with Gasteiger partial charge in [0.1, 0.15) is 0 Å². The normalized spacial score (nSPS) is 12.0. The van der Waals surface area contributed by atoms with Gasteiger partial charge in [-0.3, -0.25) is 0 Å². The average molecular weight is 141 g/mol. The fourth-order valence-corrected chi connectivity index (χ4v) is 1.51. The molecule has 0 aromatic heterocycles. The molecule has 0 nitrogen and oxygen atoms in total. The highest BCUT2D eigenvalue weighted by Gasteiger charge is 2.18. The first kappa shape index (κ1) is 10.0. The van der Waals surface area contributed by atoms with Crippen molar-refractivity contribution in [3.8, 4) is 0 Å². The van der Waals surface area contributed by atoms with Crippen molar-refractivity contribution in [2.24, 2.45) is 5.41 Å². The van der Waals surface area contributed by atoms with Gasteiger partial charge in [0.2, 0.25) is 0 Å². The largest absolute Gasteiger partial charge is 0.0654 e. The summed E-state index contributed by atoms with van der Waals surface area (Å²) in [6, 6.07) is 0. The van der Waals surface area contributed by atoms with E-state index < -0.39 is 0 Å². The summed E-state index contributed by atoms with van der Waals surface area (Å²) in [7, 11) is 0. The molecule has 0 aliphatic heterocycles. The van der Waals surface area contributed by atoms with Crippen LogP contribution in [0.15, 0.2) is 0 Å². The lowest BCUT2D eigenvalue weighted by Gasteiger charge is -2.26. The van der Waals surface area contributed by atoms with Crippen LogP contribution in [0.4, 0.5) is 0 Å². The van der Waals surface area contributed by atoms with E-state index in [-0.39, 0.29) is 0 Å².